The van der Waals surface area contributed by atoms with E-state index >= 15 is 0 Å². The molecular weight excluding hydrogens is 492 g/mol. The maximum absolute atomic E-state index is 12.7. The molecule has 9 nitrogen and oxygen atoms in total. The van der Waals surface area contributed by atoms with Crippen molar-refractivity contribution in [2.45, 2.75) is 46.2 Å². The van der Waals surface area contributed by atoms with Crippen LogP contribution >= 0.6 is 0 Å². The zero-order valence-electron chi connectivity index (χ0n) is 22.5. The highest BCUT2D eigenvalue weighted by atomic mass is 16.5. The third-order valence-electron chi connectivity index (χ3n) is 7.10. The SMILES string of the molecule is COc1cccnc1C(=O)NCc1ccc(-c2nn3c(c2C(N)=O)Nc2ccc(C(C)C)cc2CC3)cc1C. The molecule has 39 heavy (non-hydrogen) atoms. The number of carbonyl (C=O) groups excluding carboxylic acids is 2. The first-order chi connectivity index (χ1) is 18.8. The van der Waals surface area contributed by atoms with E-state index in [9.17, 15) is 9.59 Å². The Morgan fingerprint density at radius 3 is 2.72 bits per heavy atom. The average molecular weight is 525 g/mol. The summed E-state index contributed by atoms with van der Waals surface area (Å²) in [6, 6.07) is 15.6. The number of hydrogen-bond donors (Lipinski definition) is 3. The summed E-state index contributed by atoms with van der Waals surface area (Å²) in [5.74, 6) is 0.584. The van der Waals surface area contributed by atoms with Gasteiger partial charge >= 0.3 is 0 Å². The van der Waals surface area contributed by atoms with Gasteiger partial charge in [0, 0.05) is 30.5 Å². The average Bonchev–Trinajstić information content (AvgIpc) is 3.20. The fourth-order valence-corrected chi connectivity index (χ4v) is 4.87. The number of primary amides is 1. The molecule has 0 aliphatic carbocycles. The Hall–Kier alpha value is -4.66. The lowest BCUT2D eigenvalue weighted by molar-refractivity contribution is 0.0941. The normalized spacial score (nSPS) is 12.2. The Bertz CT molecular complexity index is 1570. The standard InChI is InChI=1S/C30H32N6O3/c1-17(2)19-9-10-23-20(15-19)11-13-36-29(34-23)25(28(31)37)26(35-36)21-7-8-22(18(3)14-21)16-33-30(38)27-24(39-4)6-5-12-32-27/h5-10,12,14-15,17,34H,11,13,16H2,1-4H3,(H2,31,37)(H,33,38). The monoisotopic (exact) mass is 524 g/mol. The van der Waals surface area contributed by atoms with E-state index in [1.807, 2.05) is 29.8 Å². The Kier molecular flexibility index (Phi) is 7.06. The molecule has 4 aromatic rings. The van der Waals surface area contributed by atoms with E-state index in [2.05, 4.69) is 47.7 Å². The highest BCUT2D eigenvalue weighted by Crippen LogP contribution is 2.35. The molecule has 0 radical (unpaired) electrons. The van der Waals surface area contributed by atoms with Crippen LogP contribution in [0.3, 0.4) is 0 Å². The van der Waals surface area contributed by atoms with Gasteiger partial charge in [-0.3, -0.25) is 9.59 Å². The predicted octanol–water partition coefficient (Wildman–Crippen LogP) is 4.71. The van der Waals surface area contributed by atoms with Crippen LogP contribution in [0.5, 0.6) is 5.75 Å². The first-order valence-corrected chi connectivity index (χ1v) is 12.9. The first kappa shape index (κ1) is 26.0. The molecule has 2 amide bonds. The number of methoxy groups -OCH3 is 1. The van der Waals surface area contributed by atoms with Crippen molar-refractivity contribution in [3.05, 3.63) is 88.2 Å². The number of ether oxygens (including phenoxy) is 1. The molecule has 5 rings (SSSR count). The number of pyridine rings is 1. The van der Waals surface area contributed by atoms with E-state index in [1.54, 1.807) is 18.3 Å². The second kappa shape index (κ2) is 10.6. The quantitative estimate of drug-likeness (QED) is 0.322. The van der Waals surface area contributed by atoms with Crippen molar-refractivity contribution in [1.29, 1.82) is 0 Å². The number of rotatable bonds is 7. The Balaban J connectivity index is 1.41. The van der Waals surface area contributed by atoms with Gasteiger partial charge in [-0.15, -0.1) is 0 Å². The van der Waals surface area contributed by atoms with E-state index in [0.717, 1.165) is 28.8 Å². The molecule has 1 aliphatic rings. The number of benzene rings is 2. The number of amides is 2. The molecule has 4 N–H and O–H groups in total. The second-order valence-corrected chi connectivity index (χ2v) is 9.98. The van der Waals surface area contributed by atoms with Crippen molar-refractivity contribution < 1.29 is 14.3 Å². The maximum Gasteiger partial charge on any atom is 0.274 e. The van der Waals surface area contributed by atoms with Crippen LogP contribution < -0.4 is 21.1 Å². The van der Waals surface area contributed by atoms with Gasteiger partial charge in [-0.25, -0.2) is 9.67 Å². The molecule has 0 spiro atoms. The van der Waals surface area contributed by atoms with Gasteiger partial charge in [-0.1, -0.05) is 38.1 Å². The van der Waals surface area contributed by atoms with Crippen molar-refractivity contribution >= 4 is 23.3 Å². The molecule has 0 bridgehead atoms. The predicted molar refractivity (Wildman–Crippen MR) is 150 cm³/mol. The summed E-state index contributed by atoms with van der Waals surface area (Å²) < 4.78 is 7.07. The largest absolute Gasteiger partial charge is 0.494 e. The van der Waals surface area contributed by atoms with Gasteiger partial charge < -0.3 is 21.1 Å². The lowest BCUT2D eigenvalue weighted by Gasteiger charge is -2.13. The third kappa shape index (κ3) is 5.07. The Morgan fingerprint density at radius 2 is 2.00 bits per heavy atom. The van der Waals surface area contributed by atoms with E-state index < -0.39 is 5.91 Å². The van der Waals surface area contributed by atoms with Crippen molar-refractivity contribution in [1.82, 2.24) is 20.1 Å². The summed E-state index contributed by atoms with van der Waals surface area (Å²) in [5.41, 5.74) is 13.1. The molecular formula is C30H32N6O3. The third-order valence-corrected chi connectivity index (χ3v) is 7.10. The van der Waals surface area contributed by atoms with Gasteiger partial charge in [0.25, 0.3) is 11.8 Å². The van der Waals surface area contributed by atoms with Crippen LogP contribution in [0.1, 0.15) is 62.9 Å². The zero-order valence-corrected chi connectivity index (χ0v) is 22.5. The van der Waals surface area contributed by atoms with Crippen LogP contribution in [0.4, 0.5) is 11.5 Å². The number of nitrogens with one attached hydrogen (secondary N) is 2. The number of fused-ring (bicyclic) bond motifs is 2. The molecule has 0 atom stereocenters. The van der Waals surface area contributed by atoms with Gasteiger partial charge in [-0.05, 0) is 65.8 Å². The lowest BCUT2D eigenvalue weighted by atomic mass is 9.98. The summed E-state index contributed by atoms with van der Waals surface area (Å²) in [6.07, 6.45) is 2.34. The number of aryl methyl sites for hydroxylation is 3. The van der Waals surface area contributed by atoms with Gasteiger partial charge in [0.2, 0.25) is 0 Å². The molecule has 0 unspecified atom stereocenters. The Labute approximate surface area is 227 Å². The Morgan fingerprint density at radius 1 is 1.18 bits per heavy atom. The number of nitrogens with two attached hydrogens (primary N) is 1. The van der Waals surface area contributed by atoms with E-state index in [0.29, 0.717) is 41.8 Å². The van der Waals surface area contributed by atoms with Crippen molar-refractivity contribution in [2.75, 3.05) is 12.4 Å². The van der Waals surface area contributed by atoms with E-state index in [4.69, 9.17) is 15.6 Å². The first-order valence-electron chi connectivity index (χ1n) is 12.9. The smallest absolute Gasteiger partial charge is 0.274 e. The molecule has 2 aromatic carbocycles. The van der Waals surface area contributed by atoms with E-state index in [1.165, 1.54) is 18.2 Å². The molecule has 3 heterocycles. The lowest BCUT2D eigenvalue weighted by Crippen LogP contribution is -2.24. The van der Waals surface area contributed by atoms with Gasteiger partial charge in [-0.2, -0.15) is 5.10 Å². The van der Waals surface area contributed by atoms with Crippen LogP contribution in [-0.2, 0) is 19.5 Å². The summed E-state index contributed by atoms with van der Waals surface area (Å²) in [6.45, 7) is 7.24. The molecule has 2 aromatic heterocycles. The van der Waals surface area contributed by atoms with Crippen LogP contribution in [0.2, 0.25) is 0 Å². The number of nitrogens with zero attached hydrogens (tertiary/aromatic N) is 3. The van der Waals surface area contributed by atoms with Crippen LogP contribution in [0, 0.1) is 6.92 Å². The minimum atomic E-state index is -0.542. The summed E-state index contributed by atoms with van der Waals surface area (Å²) in [4.78, 5) is 29.5. The number of anilines is 2. The fourth-order valence-electron chi connectivity index (χ4n) is 4.87. The second-order valence-electron chi connectivity index (χ2n) is 9.98. The summed E-state index contributed by atoms with van der Waals surface area (Å²) >= 11 is 0. The van der Waals surface area contributed by atoms with E-state index in [-0.39, 0.29) is 11.6 Å². The minimum absolute atomic E-state index is 0.231. The molecule has 1 aliphatic heterocycles. The zero-order chi connectivity index (χ0) is 27.7. The van der Waals surface area contributed by atoms with Crippen molar-refractivity contribution in [3.8, 4) is 17.0 Å². The van der Waals surface area contributed by atoms with Gasteiger partial charge in [0.05, 0.1) is 7.11 Å². The van der Waals surface area contributed by atoms with Gasteiger partial charge in [0.15, 0.2) is 5.69 Å². The molecule has 0 fully saturated rings. The van der Waals surface area contributed by atoms with Crippen LogP contribution in [0.25, 0.3) is 11.3 Å². The molecule has 9 heteroatoms. The molecule has 0 saturated heterocycles. The highest BCUT2D eigenvalue weighted by molar-refractivity contribution is 6.04. The topological polar surface area (TPSA) is 124 Å². The van der Waals surface area contributed by atoms with Gasteiger partial charge in [0.1, 0.15) is 22.8 Å². The number of carbonyl (C=O) groups is 2. The van der Waals surface area contributed by atoms with Crippen molar-refractivity contribution in [3.63, 3.8) is 0 Å². The number of aromatic nitrogens is 3. The summed E-state index contributed by atoms with van der Waals surface area (Å²) in [7, 11) is 1.50. The number of hydrogen-bond acceptors (Lipinski definition) is 6. The molecule has 0 saturated carbocycles. The van der Waals surface area contributed by atoms with Crippen LogP contribution in [0.15, 0.2) is 54.7 Å². The van der Waals surface area contributed by atoms with Crippen molar-refractivity contribution in [2.24, 2.45) is 5.73 Å². The maximum atomic E-state index is 12.7. The highest BCUT2D eigenvalue weighted by Gasteiger charge is 2.26. The molecule has 200 valence electrons. The minimum Gasteiger partial charge on any atom is -0.494 e. The fraction of sp³-hybridized carbons (Fsp3) is 0.267. The van der Waals surface area contributed by atoms with Crippen LogP contribution in [-0.4, -0.2) is 33.7 Å². The summed E-state index contributed by atoms with van der Waals surface area (Å²) in [5, 5.41) is 11.1.